The molecule has 0 aliphatic rings. The molecule has 0 spiro atoms. The van der Waals surface area contributed by atoms with E-state index in [1.165, 1.54) is 0 Å². The SMILES string of the molecule is CC.Cc1ccccc1-n1c(Cn2nc(C)c3c(N)cccc32)nc2cccc(C)c2c1=O. The summed E-state index contributed by atoms with van der Waals surface area (Å²) in [6.07, 6.45) is 0. The Morgan fingerprint density at radius 2 is 1.55 bits per heavy atom. The van der Waals surface area contributed by atoms with Crippen molar-refractivity contribution in [3.8, 4) is 5.69 Å². The van der Waals surface area contributed by atoms with Gasteiger partial charge in [0.15, 0.2) is 0 Å². The third-order valence-corrected chi connectivity index (χ3v) is 5.81. The monoisotopic (exact) mass is 439 g/mol. The number of benzene rings is 3. The fraction of sp³-hybridized carbons (Fsp3) is 0.222. The molecule has 2 N–H and O–H groups in total. The van der Waals surface area contributed by atoms with Crippen LogP contribution in [0.25, 0.3) is 27.5 Å². The molecule has 0 saturated heterocycles. The van der Waals surface area contributed by atoms with Crippen LogP contribution in [0, 0.1) is 20.8 Å². The number of hydrogen-bond donors (Lipinski definition) is 1. The second-order valence-corrected chi connectivity index (χ2v) is 7.91. The van der Waals surface area contributed by atoms with E-state index < -0.39 is 0 Å². The molecule has 0 aliphatic carbocycles. The number of rotatable bonds is 3. The first-order valence-corrected chi connectivity index (χ1v) is 11.2. The van der Waals surface area contributed by atoms with Crippen molar-refractivity contribution in [3.05, 3.63) is 93.7 Å². The summed E-state index contributed by atoms with van der Waals surface area (Å²) in [6.45, 7) is 10.2. The molecule has 0 amide bonds. The second-order valence-electron chi connectivity index (χ2n) is 7.91. The molecule has 2 aromatic heterocycles. The Hall–Kier alpha value is -3.93. The Balaban J connectivity index is 0.00000126. The maximum absolute atomic E-state index is 13.7. The number of aryl methyl sites for hydroxylation is 3. The van der Waals surface area contributed by atoms with Gasteiger partial charge >= 0.3 is 0 Å². The van der Waals surface area contributed by atoms with Crippen molar-refractivity contribution in [1.29, 1.82) is 0 Å². The van der Waals surface area contributed by atoms with Crippen LogP contribution < -0.4 is 11.3 Å². The summed E-state index contributed by atoms with van der Waals surface area (Å²) in [6, 6.07) is 19.4. The van der Waals surface area contributed by atoms with E-state index in [1.54, 1.807) is 4.57 Å². The van der Waals surface area contributed by atoms with E-state index in [-0.39, 0.29) is 5.56 Å². The van der Waals surface area contributed by atoms with Gasteiger partial charge in [0, 0.05) is 11.1 Å². The summed E-state index contributed by atoms with van der Waals surface area (Å²) in [5, 5.41) is 6.28. The van der Waals surface area contributed by atoms with Crippen LogP contribution in [0.5, 0.6) is 0 Å². The fourth-order valence-electron chi connectivity index (χ4n) is 4.32. The predicted molar refractivity (Wildman–Crippen MR) is 136 cm³/mol. The van der Waals surface area contributed by atoms with E-state index in [2.05, 4.69) is 0 Å². The zero-order valence-corrected chi connectivity index (χ0v) is 19.8. The number of hydrogen-bond acceptors (Lipinski definition) is 4. The summed E-state index contributed by atoms with van der Waals surface area (Å²) in [5.74, 6) is 0.629. The van der Waals surface area contributed by atoms with Gasteiger partial charge in [-0.1, -0.05) is 50.2 Å². The van der Waals surface area contributed by atoms with Gasteiger partial charge in [-0.05, 0) is 56.2 Å². The molecule has 33 heavy (non-hydrogen) atoms. The lowest BCUT2D eigenvalue weighted by molar-refractivity contribution is 0.649. The van der Waals surface area contributed by atoms with Crippen molar-refractivity contribution in [2.75, 3.05) is 5.73 Å². The van der Waals surface area contributed by atoms with Gasteiger partial charge in [-0.25, -0.2) is 4.98 Å². The lowest BCUT2D eigenvalue weighted by atomic mass is 10.1. The van der Waals surface area contributed by atoms with E-state index in [0.717, 1.165) is 33.4 Å². The summed E-state index contributed by atoms with van der Waals surface area (Å²) < 4.78 is 3.60. The number of nitrogens with zero attached hydrogens (tertiary/aromatic N) is 4. The van der Waals surface area contributed by atoms with Gasteiger partial charge in [0.25, 0.3) is 5.56 Å². The maximum Gasteiger partial charge on any atom is 0.266 e. The number of nitrogens with two attached hydrogens (primary N) is 1. The molecular weight excluding hydrogens is 410 g/mol. The van der Waals surface area contributed by atoms with Gasteiger partial charge in [0.2, 0.25) is 0 Å². The van der Waals surface area contributed by atoms with Gasteiger partial charge < -0.3 is 5.73 Å². The summed E-state index contributed by atoms with van der Waals surface area (Å²) in [5.41, 5.74) is 12.0. The highest BCUT2D eigenvalue weighted by molar-refractivity contribution is 5.92. The smallest absolute Gasteiger partial charge is 0.266 e. The van der Waals surface area contributed by atoms with Gasteiger partial charge in [-0.2, -0.15) is 5.10 Å². The zero-order chi connectivity index (χ0) is 23.7. The second kappa shape index (κ2) is 8.90. The summed E-state index contributed by atoms with van der Waals surface area (Å²) >= 11 is 0. The van der Waals surface area contributed by atoms with E-state index in [0.29, 0.717) is 29.0 Å². The molecule has 0 radical (unpaired) electrons. The highest BCUT2D eigenvalue weighted by atomic mass is 16.1. The molecule has 0 unspecified atom stereocenters. The van der Waals surface area contributed by atoms with Gasteiger partial charge in [0.05, 0.1) is 27.8 Å². The van der Waals surface area contributed by atoms with Crippen molar-refractivity contribution in [1.82, 2.24) is 19.3 Å². The number of aromatic nitrogens is 4. The quantitative estimate of drug-likeness (QED) is 0.386. The molecule has 5 aromatic rings. The molecular formula is C27H29N5O. The standard InChI is InChI=1S/C25H23N5O.C2H6/c1-15-8-4-5-12-20(15)30-22(27-19-11-6-9-16(2)23(19)25(30)31)14-29-21-13-7-10-18(26)24(21)17(3)28-29;1-2/h4-13H,14,26H2,1-3H3;1-2H3. The van der Waals surface area contributed by atoms with E-state index in [4.69, 9.17) is 15.8 Å². The lowest BCUT2D eigenvalue weighted by Gasteiger charge is -2.16. The zero-order valence-electron chi connectivity index (χ0n) is 19.8. The average molecular weight is 440 g/mol. The lowest BCUT2D eigenvalue weighted by Crippen LogP contribution is -2.26. The largest absolute Gasteiger partial charge is 0.398 e. The molecule has 5 rings (SSSR count). The van der Waals surface area contributed by atoms with Crippen LogP contribution in [-0.4, -0.2) is 19.3 Å². The van der Waals surface area contributed by atoms with Gasteiger partial charge in [-0.15, -0.1) is 0 Å². The van der Waals surface area contributed by atoms with Crippen LogP contribution in [0.15, 0.2) is 65.5 Å². The van der Waals surface area contributed by atoms with Crippen LogP contribution in [0.1, 0.15) is 36.5 Å². The van der Waals surface area contributed by atoms with E-state index in [1.807, 2.05) is 100.0 Å². The number of nitrogen functional groups attached to an aromatic ring is 1. The summed E-state index contributed by atoms with van der Waals surface area (Å²) in [4.78, 5) is 18.6. The normalized spacial score (nSPS) is 10.9. The third kappa shape index (κ3) is 3.78. The Kier molecular flexibility index (Phi) is 6.01. The topological polar surface area (TPSA) is 78.7 Å². The van der Waals surface area contributed by atoms with Crippen molar-refractivity contribution >= 4 is 27.5 Å². The van der Waals surface area contributed by atoms with Crippen LogP contribution in [0.3, 0.4) is 0 Å². The highest BCUT2D eigenvalue weighted by Gasteiger charge is 2.18. The first kappa shape index (κ1) is 22.3. The van der Waals surface area contributed by atoms with Crippen molar-refractivity contribution < 1.29 is 0 Å². The Bertz CT molecular complexity index is 1530. The molecule has 2 heterocycles. The van der Waals surface area contributed by atoms with Gasteiger partial charge in [0.1, 0.15) is 12.4 Å². The molecule has 0 bridgehead atoms. The molecule has 0 atom stereocenters. The van der Waals surface area contributed by atoms with Crippen molar-refractivity contribution in [2.24, 2.45) is 0 Å². The molecule has 3 aromatic carbocycles. The molecule has 6 heteroatoms. The number of anilines is 1. The molecule has 0 fully saturated rings. The minimum atomic E-state index is -0.0694. The molecule has 6 nitrogen and oxygen atoms in total. The molecule has 0 aliphatic heterocycles. The minimum Gasteiger partial charge on any atom is -0.398 e. The van der Waals surface area contributed by atoms with Crippen LogP contribution in [-0.2, 0) is 6.54 Å². The average Bonchev–Trinajstić information content (AvgIpc) is 3.12. The highest BCUT2D eigenvalue weighted by Crippen LogP contribution is 2.25. The number of fused-ring (bicyclic) bond motifs is 2. The molecule has 0 saturated carbocycles. The Morgan fingerprint density at radius 1 is 0.848 bits per heavy atom. The molecule has 168 valence electrons. The fourth-order valence-corrected chi connectivity index (χ4v) is 4.32. The number of para-hydroxylation sites is 1. The minimum absolute atomic E-state index is 0.0694. The predicted octanol–water partition coefficient (Wildman–Crippen LogP) is 5.32. The van der Waals surface area contributed by atoms with Crippen molar-refractivity contribution in [2.45, 2.75) is 41.2 Å². The third-order valence-electron chi connectivity index (χ3n) is 5.81. The van der Waals surface area contributed by atoms with Gasteiger partial charge in [-0.3, -0.25) is 14.0 Å². The van der Waals surface area contributed by atoms with Crippen molar-refractivity contribution in [3.63, 3.8) is 0 Å². The van der Waals surface area contributed by atoms with E-state index in [9.17, 15) is 4.79 Å². The van der Waals surface area contributed by atoms with Crippen LogP contribution in [0.4, 0.5) is 5.69 Å². The van der Waals surface area contributed by atoms with Crippen LogP contribution >= 0.6 is 0 Å². The summed E-state index contributed by atoms with van der Waals surface area (Å²) in [7, 11) is 0. The first-order chi connectivity index (χ1) is 16.0. The Labute approximate surface area is 193 Å². The van der Waals surface area contributed by atoms with Crippen LogP contribution in [0.2, 0.25) is 0 Å². The van der Waals surface area contributed by atoms with E-state index >= 15 is 0 Å². The first-order valence-electron chi connectivity index (χ1n) is 11.2. The maximum atomic E-state index is 13.7. The Morgan fingerprint density at radius 3 is 2.30 bits per heavy atom.